The molecule has 1 amide bonds. The van der Waals surface area contributed by atoms with Gasteiger partial charge in [-0.2, -0.15) is 0 Å². The molecule has 27 heavy (non-hydrogen) atoms. The Labute approximate surface area is 159 Å². The van der Waals surface area contributed by atoms with Gasteiger partial charge in [0.15, 0.2) is 11.5 Å². The van der Waals surface area contributed by atoms with Crippen molar-refractivity contribution in [1.82, 2.24) is 9.88 Å². The molecule has 4 heteroatoms. The predicted octanol–water partition coefficient (Wildman–Crippen LogP) is 4.63. The second-order valence-corrected chi connectivity index (χ2v) is 7.92. The Bertz CT molecular complexity index is 963. The van der Waals surface area contributed by atoms with Crippen LogP contribution in [0, 0.1) is 5.92 Å². The minimum Gasteiger partial charge on any atom is -0.441 e. The number of nitrogens with zero attached hydrogens (tertiary/aromatic N) is 2. The third kappa shape index (κ3) is 3.25. The molecule has 1 aromatic heterocycles. The van der Waals surface area contributed by atoms with E-state index in [9.17, 15) is 4.79 Å². The molecule has 0 radical (unpaired) electrons. The number of rotatable bonds is 4. The molecule has 0 spiro atoms. The Morgan fingerprint density at radius 1 is 1.11 bits per heavy atom. The first-order valence-corrected chi connectivity index (χ1v) is 10.0. The minimum absolute atomic E-state index is 0.153. The van der Waals surface area contributed by atoms with E-state index < -0.39 is 0 Å². The number of likely N-dealkylation sites (tertiary alicyclic amines) is 1. The normalized spacial score (nSPS) is 21.7. The summed E-state index contributed by atoms with van der Waals surface area (Å²) < 4.78 is 5.88. The third-order valence-electron chi connectivity index (χ3n) is 6.06. The second kappa shape index (κ2) is 6.84. The Balaban J connectivity index is 1.33. The average molecular weight is 360 g/mol. The number of aromatic nitrogens is 1. The van der Waals surface area contributed by atoms with Crippen molar-refractivity contribution in [2.24, 2.45) is 5.92 Å². The van der Waals surface area contributed by atoms with Crippen LogP contribution in [0.4, 0.5) is 0 Å². The molecule has 3 aromatic rings. The van der Waals surface area contributed by atoms with Crippen LogP contribution in [-0.2, 0) is 12.8 Å². The monoisotopic (exact) mass is 360 g/mol. The van der Waals surface area contributed by atoms with Crippen molar-refractivity contribution in [3.8, 4) is 0 Å². The number of fused-ring (bicyclic) bond motifs is 3. The molecule has 1 saturated heterocycles. The first-order chi connectivity index (χ1) is 13.3. The van der Waals surface area contributed by atoms with Crippen LogP contribution in [0.1, 0.15) is 47.5 Å². The lowest BCUT2D eigenvalue weighted by Crippen LogP contribution is -2.35. The number of benzene rings is 2. The summed E-state index contributed by atoms with van der Waals surface area (Å²) in [5.74, 6) is 1.59. The highest BCUT2D eigenvalue weighted by atomic mass is 16.3. The highest BCUT2D eigenvalue weighted by molar-refractivity contribution is 5.97. The lowest BCUT2D eigenvalue weighted by molar-refractivity contribution is 0.0733. The van der Waals surface area contributed by atoms with E-state index in [0.717, 1.165) is 48.4 Å². The van der Waals surface area contributed by atoms with E-state index in [1.807, 2.05) is 36.4 Å². The van der Waals surface area contributed by atoms with Crippen LogP contribution in [0.25, 0.3) is 11.1 Å². The van der Waals surface area contributed by atoms with Crippen molar-refractivity contribution in [3.05, 3.63) is 65.5 Å². The largest absolute Gasteiger partial charge is 0.441 e. The molecule has 0 N–H and O–H groups in total. The van der Waals surface area contributed by atoms with Crippen molar-refractivity contribution >= 4 is 17.0 Å². The second-order valence-electron chi connectivity index (χ2n) is 7.92. The zero-order valence-electron chi connectivity index (χ0n) is 15.4. The molecule has 2 fully saturated rings. The number of oxazole rings is 1. The number of aryl methyl sites for hydroxylation is 2. The van der Waals surface area contributed by atoms with E-state index in [0.29, 0.717) is 12.0 Å². The molecule has 2 aromatic carbocycles. The number of carbonyl (C=O) groups is 1. The van der Waals surface area contributed by atoms with Crippen molar-refractivity contribution < 1.29 is 9.21 Å². The number of amides is 1. The molecule has 1 saturated carbocycles. The number of hydrogen-bond acceptors (Lipinski definition) is 3. The van der Waals surface area contributed by atoms with Gasteiger partial charge in [-0.05, 0) is 55.4 Å². The Morgan fingerprint density at radius 2 is 2.00 bits per heavy atom. The van der Waals surface area contributed by atoms with Crippen molar-refractivity contribution in [2.75, 3.05) is 6.54 Å². The SMILES string of the molecule is O=C(c1ccc2oc(CCc3ccccc3)nc2c1)N1C[C@H]2CCC[C@@H]1C2. The van der Waals surface area contributed by atoms with Crippen molar-refractivity contribution in [1.29, 1.82) is 0 Å². The Kier molecular flexibility index (Phi) is 4.19. The van der Waals surface area contributed by atoms with Crippen LogP contribution >= 0.6 is 0 Å². The fraction of sp³-hybridized carbons (Fsp3) is 0.391. The zero-order valence-corrected chi connectivity index (χ0v) is 15.4. The third-order valence-corrected chi connectivity index (χ3v) is 6.06. The highest BCUT2D eigenvalue weighted by Crippen LogP contribution is 2.36. The van der Waals surface area contributed by atoms with Crippen LogP contribution in [0.5, 0.6) is 0 Å². The fourth-order valence-corrected chi connectivity index (χ4v) is 4.66. The zero-order chi connectivity index (χ0) is 18.2. The van der Waals surface area contributed by atoms with Crippen molar-refractivity contribution in [3.63, 3.8) is 0 Å². The van der Waals surface area contributed by atoms with E-state index >= 15 is 0 Å². The smallest absolute Gasteiger partial charge is 0.254 e. The lowest BCUT2D eigenvalue weighted by atomic mass is 9.90. The predicted molar refractivity (Wildman–Crippen MR) is 105 cm³/mol. The summed E-state index contributed by atoms with van der Waals surface area (Å²) in [5.41, 5.74) is 3.55. The summed E-state index contributed by atoms with van der Waals surface area (Å²) in [6.45, 7) is 0.919. The summed E-state index contributed by atoms with van der Waals surface area (Å²) in [5, 5.41) is 0. The average Bonchev–Trinajstić information content (AvgIpc) is 3.25. The van der Waals surface area contributed by atoms with E-state index in [1.54, 1.807) is 0 Å². The molecular formula is C23H24N2O2. The highest BCUT2D eigenvalue weighted by Gasteiger charge is 2.38. The molecule has 5 rings (SSSR count). The van der Waals surface area contributed by atoms with Gasteiger partial charge in [0.25, 0.3) is 5.91 Å². The molecule has 138 valence electrons. The molecule has 1 aliphatic carbocycles. The molecular weight excluding hydrogens is 336 g/mol. The van der Waals surface area contributed by atoms with Crippen LogP contribution in [0.2, 0.25) is 0 Å². The van der Waals surface area contributed by atoms with E-state index in [-0.39, 0.29) is 5.91 Å². The van der Waals surface area contributed by atoms with Gasteiger partial charge in [-0.1, -0.05) is 36.8 Å². The van der Waals surface area contributed by atoms with E-state index in [4.69, 9.17) is 4.42 Å². The van der Waals surface area contributed by atoms with Gasteiger partial charge in [-0.15, -0.1) is 0 Å². The fourth-order valence-electron chi connectivity index (χ4n) is 4.66. The molecule has 2 heterocycles. The summed E-state index contributed by atoms with van der Waals surface area (Å²) in [6.07, 6.45) is 6.52. The van der Waals surface area contributed by atoms with Crippen LogP contribution in [0.15, 0.2) is 52.9 Å². The maximum atomic E-state index is 13.0. The Hall–Kier alpha value is -2.62. The first-order valence-electron chi connectivity index (χ1n) is 10.0. The van der Waals surface area contributed by atoms with Gasteiger partial charge in [0.05, 0.1) is 0 Å². The summed E-state index contributed by atoms with van der Waals surface area (Å²) in [6, 6.07) is 16.5. The van der Waals surface area contributed by atoms with Crippen LogP contribution in [0.3, 0.4) is 0 Å². The van der Waals surface area contributed by atoms with Gasteiger partial charge in [0.1, 0.15) is 5.52 Å². The lowest BCUT2D eigenvalue weighted by Gasteiger charge is -2.24. The van der Waals surface area contributed by atoms with Gasteiger partial charge in [0.2, 0.25) is 0 Å². The number of hydrogen-bond donors (Lipinski definition) is 0. The van der Waals surface area contributed by atoms with Crippen molar-refractivity contribution in [2.45, 2.75) is 44.6 Å². The maximum absolute atomic E-state index is 13.0. The molecule has 0 unspecified atom stereocenters. The van der Waals surface area contributed by atoms with Crippen LogP contribution in [-0.4, -0.2) is 28.4 Å². The molecule has 4 nitrogen and oxygen atoms in total. The van der Waals surface area contributed by atoms with Gasteiger partial charge in [-0.25, -0.2) is 4.98 Å². The van der Waals surface area contributed by atoms with Gasteiger partial charge >= 0.3 is 0 Å². The maximum Gasteiger partial charge on any atom is 0.254 e. The topological polar surface area (TPSA) is 46.3 Å². The molecule has 2 bridgehead atoms. The molecule has 1 aliphatic heterocycles. The standard InChI is InChI=1S/C23H24N2O2/c26-23(25-15-17-7-4-8-19(25)13-17)18-10-11-21-20(14-18)24-22(27-21)12-9-16-5-2-1-3-6-16/h1-3,5-6,10-11,14,17,19H,4,7-9,12-13,15H2/t17-,19+/m0/s1. The Morgan fingerprint density at radius 3 is 2.85 bits per heavy atom. The summed E-state index contributed by atoms with van der Waals surface area (Å²) in [4.78, 5) is 19.7. The van der Waals surface area contributed by atoms with Gasteiger partial charge in [-0.3, -0.25) is 4.79 Å². The minimum atomic E-state index is 0.153. The van der Waals surface area contributed by atoms with E-state index in [1.165, 1.54) is 24.8 Å². The molecule has 2 aliphatic rings. The molecule has 2 atom stereocenters. The number of carbonyl (C=O) groups excluding carboxylic acids is 1. The van der Waals surface area contributed by atoms with Gasteiger partial charge < -0.3 is 9.32 Å². The first kappa shape index (κ1) is 16.5. The summed E-state index contributed by atoms with van der Waals surface area (Å²) in [7, 11) is 0. The summed E-state index contributed by atoms with van der Waals surface area (Å²) >= 11 is 0. The van der Waals surface area contributed by atoms with E-state index in [2.05, 4.69) is 22.0 Å². The quantitative estimate of drug-likeness (QED) is 0.681. The van der Waals surface area contributed by atoms with Crippen LogP contribution < -0.4 is 0 Å². The van der Waals surface area contributed by atoms with Gasteiger partial charge in [0, 0.05) is 24.6 Å².